The first-order valence-corrected chi connectivity index (χ1v) is 22.7. The smallest absolute Gasteiger partial charge is 0.0541 e. The van der Waals surface area contributed by atoms with Crippen molar-refractivity contribution in [3.8, 4) is 44.5 Å². The molecule has 0 bridgehead atoms. The minimum absolute atomic E-state index is 1.08. The molecule has 13 rings (SSSR count). The van der Waals surface area contributed by atoms with E-state index in [2.05, 4.69) is 264 Å². The first-order valence-electron chi connectivity index (χ1n) is 22.7. The molecule has 0 atom stereocenters. The molecule has 308 valence electrons. The Morgan fingerprint density at radius 3 is 1.39 bits per heavy atom. The van der Waals surface area contributed by atoms with Gasteiger partial charge in [-0.2, -0.15) is 0 Å². The number of hydrogen-bond donors (Lipinski definition) is 0. The maximum Gasteiger partial charge on any atom is 0.0541 e. The number of anilines is 3. The molecule has 0 radical (unpaired) electrons. The van der Waals surface area contributed by atoms with Crippen LogP contribution in [0.1, 0.15) is 0 Å². The van der Waals surface area contributed by atoms with Gasteiger partial charge in [-0.05, 0) is 149 Å². The summed E-state index contributed by atoms with van der Waals surface area (Å²) >= 11 is 0. The van der Waals surface area contributed by atoms with Gasteiger partial charge in [0.25, 0.3) is 0 Å². The van der Waals surface area contributed by atoms with Gasteiger partial charge in [0.05, 0.1) is 11.0 Å². The van der Waals surface area contributed by atoms with Crippen LogP contribution >= 0.6 is 0 Å². The van der Waals surface area contributed by atoms with Gasteiger partial charge in [-0.3, -0.25) is 0 Å². The molecule has 0 spiro atoms. The monoisotopic (exact) mass is 838 g/mol. The molecular weight excluding hydrogens is 797 g/mol. The van der Waals surface area contributed by atoms with E-state index >= 15 is 0 Å². The van der Waals surface area contributed by atoms with Crippen molar-refractivity contribution in [2.75, 3.05) is 4.90 Å². The summed E-state index contributed by atoms with van der Waals surface area (Å²) in [5.41, 5.74) is 15.2. The molecule has 0 unspecified atom stereocenters. The standard InChI is InChI=1S/C64H42N2/c1-4-16-43(17-5-1)49-38-50(44-18-6-2-7-19-44)40-53(39-49)66(52-34-35-58-56-24-11-10-22-54(56)55-23-12-13-25-57(55)60(58)42-52)51-32-29-45(30-33-51)48-28-27-46-31-36-62-64(59(46)41-48)63(47-20-8-3-9-21-47)61-26-14-15-37-65(61)62/h1-42H. The van der Waals surface area contributed by atoms with Gasteiger partial charge in [0.2, 0.25) is 0 Å². The molecule has 11 aromatic carbocycles. The van der Waals surface area contributed by atoms with E-state index in [0.29, 0.717) is 0 Å². The van der Waals surface area contributed by atoms with Crippen molar-refractivity contribution in [2.45, 2.75) is 0 Å². The van der Waals surface area contributed by atoms with Crippen molar-refractivity contribution in [1.82, 2.24) is 4.40 Å². The van der Waals surface area contributed by atoms with Crippen LogP contribution in [0.25, 0.3) is 104 Å². The molecule has 0 saturated heterocycles. The van der Waals surface area contributed by atoms with Crippen LogP contribution in [-0.2, 0) is 0 Å². The second kappa shape index (κ2) is 15.5. The Labute approximate surface area is 383 Å². The van der Waals surface area contributed by atoms with Gasteiger partial charge in [-0.1, -0.05) is 182 Å². The van der Waals surface area contributed by atoms with Crippen LogP contribution in [-0.4, -0.2) is 4.40 Å². The summed E-state index contributed by atoms with van der Waals surface area (Å²) in [5, 5.41) is 11.3. The van der Waals surface area contributed by atoms with Gasteiger partial charge in [0.1, 0.15) is 0 Å². The highest BCUT2D eigenvalue weighted by Crippen LogP contribution is 2.45. The van der Waals surface area contributed by atoms with E-state index in [1.165, 1.54) is 104 Å². The lowest BCUT2D eigenvalue weighted by Crippen LogP contribution is -2.10. The van der Waals surface area contributed by atoms with Gasteiger partial charge >= 0.3 is 0 Å². The molecule has 0 N–H and O–H groups in total. The normalized spacial score (nSPS) is 11.6. The molecule has 66 heavy (non-hydrogen) atoms. The van der Waals surface area contributed by atoms with Crippen molar-refractivity contribution in [1.29, 1.82) is 0 Å². The highest BCUT2D eigenvalue weighted by Gasteiger charge is 2.20. The number of rotatable bonds is 7. The fourth-order valence-electron chi connectivity index (χ4n) is 10.5. The lowest BCUT2D eigenvalue weighted by atomic mass is 9.93. The Kier molecular flexibility index (Phi) is 8.89. The lowest BCUT2D eigenvalue weighted by Gasteiger charge is -2.28. The quantitative estimate of drug-likeness (QED) is 0.145. The first kappa shape index (κ1) is 37.8. The maximum atomic E-state index is 2.44. The van der Waals surface area contributed by atoms with Gasteiger partial charge < -0.3 is 9.30 Å². The summed E-state index contributed by atoms with van der Waals surface area (Å²) in [5.74, 6) is 0. The van der Waals surface area contributed by atoms with E-state index in [1.54, 1.807) is 0 Å². The molecule has 2 heterocycles. The zero-order valence-corrected chi connectivity index (χ0v) is 36.1. The van der Waals surface area contributed by atoms with Crippen molar-refractivity contribution >= 4 is 76.6 Å². The number of fused-ring (bicyclic) bond motifs is 11. The van der Waals surface area contributed by atoms with Crippen molar-refractivity contribution < 1.29 is 0 Å². The lowest BCUT2D eigenvalue weighted by molar-refractivity contribution is 1.26. The highest BCUT2D eigenvalue weighted by atomic mass is 15.1. The van der Waals surface area contributed by atoms with E-state index in [0.717, 1.165) is 17.1 Å². The number of pyridine rings is 1. The topological polar surface area (TPSA) is 7.65 Å². The average molecular weight is 839 g/mol. The molecule has 2 aromatic heterocycles. The Balaban J connectivity index is 1.01. The molecule has 0 aliphatic heterocycles. The van der Waals surface area contributed by atoms with E-state index in [9.17, 15) is 0 Å². The van der Waals surface area contributed by atoms with E-state index in [-0.39, 0.29) is 0 Å². The zero-order chi connectivity index (χ0) is 43.6. The molecule has 0 amide bonds. The SMILES string of the molecule is c1ccc(-c2cc(-c3ccccc3)cc(N(c3ccc(-c4ccc5ccc6c(c(-c7ccccc7)c7ccccn76)c5c4)cc3)c3ccc4c5ccccc5c5ccccc5c4c3)c2)cc1. The summed E-state index contributed by atoms with van der Waals surface area (Å²) in [6, 6.07) is 91.2. The third-order valence-corrected chi connectivity index (χ3v) is 13.5. The molecular formula is C64H42N2. The van der Waals surface area contributed by atoms with Crippen LogP contribution in [0.4, 0.5) is 17.1 Å². The van der Waals surface area contributed by atoms with Crippen LogP contribution in [0.15, 0.2) is 255 Å². The summed E-state index contributed by atoms with van der Waals surface area (Å²) in [4.78, 5) is 2.44. The van der Waals surface area contributed by atoms with Gasteiger partial charge in [0, 0.05) is 34.2 Å². The Morgan fingerprint density at radius 2 is 0.758 bits per heavy atom. The summed E-state index contributed by atoms with van der Waals surface area (Å²) in [7, 11) is 0. The second-order valence-electron chi connectivity index (χ2n) is 17.3. The third kappa shape index (κ3) is 6.26. The molecule has 0 fully saturated rings. The Hall–Kier alpha value is -8.72. The highest BCUT2D eigenvalue weighted by molar-refractivity contribution is 6.26. The van der Waals surface area contributed by atoms with Gasteiger partial charge in [-0.15, -0.1) is 0 Å². The van der Waals surface area contributed by atoms with E-state index < -0.39 is 0 Å². The Bertz CT molecular complexity index is 3870. The number of nitrogens with zero attached hydrogens (tertiary/aromatic N) is 2. The van der Waals surface area contributed by atoms with Gasteiger partial charge in [0.15, 0.2) is 0 Å². The van der Waals surface area contributed by atoms with Crippen LogP contribution in [0.5, 0.6) is 0 Å². The number of benzene rings is 11. The largest absolute Gasteiger partial charge is 0.316 e. The first-order chi connectivity index (χ1) is 32.7. The second-order valence-corrected chi connectivity index (χ2v) is 17.3. The van der Waals surface area contributed by atoms with Crippen molar-refractivity contribution in [3.05, 3.63) is 255 Å². The van der Waals surface area contributed by atoms with Crippen molar-refractivity contribution in [2.24, 2.45) is 0 Å². The average Bonchev–Trinajstić information content (AvgIpc) is 3.74. The maximum absolute atomic E-state index is 2.44. The predicted molar refractivity (Wildman–Crippen MR) is 281 cm³/mol. The molecule has 13 aromatic rings. The molecule has 2 heteroatoms. The van der Waals surface area contributed by atoms with Crippen LogP contribution in [0.2, 0.25) is 0 Å². The fourth-order valence-corrected chi connectivity index (χ4v) is 10.5. The van der Waals surface area contributed by atoms with Crippen LogP contribution in [0.3, 0.4) is 0 Å². The van der Waals surface area contributed by atoms with Gasteiger partial charge in [-0.25, -0.2) is 0 Å². The van der Waals surface area contributed by atoms with Crippen LogP contribution < -0.4 is 4.90 Å². The fraction of sp³-hybridized carbons (Fsp3) is 0. The van der Waals surface area contributed by atoms with E-state index in [1.807, 2.05) is 0 Å². The molecule has 0 saturated carbocycles. The minimum atomic E-state index is 1.08. The number of aromatic nitrogens is 1. The zero-order valence-electron chi connectivity index (χ0n) is 36.1. The summed E-state index contributed by atoms with van der Waals surface area (Å²) < 4.78 is 2.33. The predicted octanol–water partition coefficient (Wildman–Crippen LogP) is 17.8. The molecule has 0 aliphatic carbocycles. The summed E-state index contributed by atoms with van der Waals surface area (Å²) in [6.45, 7) is 0. The van der Waals surface area contributed by atoms with E-state index in [4.69, 9.17) is 0 Å². The minimum Gasteiger partial charge on any atom is -0.316 e. The molecule has 0 aliphatic rings. The molecule has 2 nitrogen and oxygen atoms in total. The Morgan fingerprint density at radius 1 is 0.258 bits per heavy atom. The third-order valence-electron chi connectivity index (χ3n) is 13.5. The van der Waals surface area contributed by atoms with Crippen molar-refractivity contribution in [3.63, 3.8) is 0 Å². The number of hydrogen-bond acceptors (Lipinski definition) is 1. The summed E-state index contributed by atoms with van der Waals surface area (Å²) in [6.07, 6.45) is 2.18. The van der Waals surface area contributed by atoms with Crippen LogP contribution in [0, 0.1) is 0 Å².